The summed E-state index contributed by atoms with van der Waals surface area (Å²) in [6.45, 7) is 4.92. The topological polar surface area (TPSA) is 95.9 Å². The van der Waals surface area contributed by atoms with Gasteiger partial charge in [-0.2, -0.15) is 0 Å². The van der Waals surface area contributed by atoms with E-state index in [0.717, 1.165) is 38.5 Å². The van der Waals surface area contributed by atoms with Crippen molar-refractivity contribution in [1.29, 1.82) is 0 Å². The van der Waals surface area contributed by atoms with Gasteiger partial charge in [0.25, 0.3) is 0 Å². The zero-order valence-corrected chi connectivity index (χ0v) is 53.2. The van der Waals surface area contributed by atoms with Crippen LogP contribution >= 0.6 is 0 Å². The van der Waals surface area contributed by atoms with Crippen LogP contribution in [0.15, 0.2) is 12.2 Å². The number of aliphatic hydroxyl groups excluding tert-OH is 2. The molecular formula is C72H141NO5. The number of hydrogen-bond acceptors (Lipinski definition) is 5. The Morgan fingerprint density at radius 2 is 0.590 bits per heavy atom. The molecule has 0 aliphatic rings. The molecule has 0 bridgehead atoms. The van der Waals surface area contributed by atoms with Crippen LogP contribution in [-0.2, 0) is 14.3 Å². The maximum atomic E-state index is 12.4. The van der Waals surface area contributed by atoms with Crippen LogP contribution in [0.5, 0.6) is 0 Å². The summed E-state index contributed by atoms with van der Waals surface area (Å²) < 4.78 is 5.50. The SMILES string of the molecule is CCCCCCCCC/C=C/C(O)C(CO)NC(=O)CCCCCCCCCCCCCCCCCCCCCCCCCCCCCCCCCCCCCCCOC(=O)CCCCCCCCCCCCCCCCC. The van der Waals surface area contributed by atoms with Crippen LogP contribution in [0.25, 0.3) is 0 Å². The molecule has 2 unspecified atom stereocenters. The molecule has 0 aliphatic heterocycles. The Bertz CT molecular complexity index is 1180. The molecule has 2 atom stereocenters. The molecule has 1 amide bonds. The van der Waals surface area contributed by atoms with Gasteiger partial charge in [0.2, 0.25) is 5.91 Å². The first-order chi connectivity index (χ1) is 38.5. The Kier molecular flexibility index (Phi) is 66.9. The van der Waals surface area contributed by atoms with E-state index in [9.17, 15) is 19.8 Å². The van der Waals surface area contributed by atoms with E-state index >= 15 is 0 Å². The van der Waals surface area contributed by atoms with E-state index in [-0.39, 0.29) is 18.5 Å². The van der Waals surface area contributed by atoms with Crippen molar-refractivity contribution in [3.8, 4) is 0 Å². The molecule has 464 valence electrons. The number of aliphatic hydroxyl groups is 2. The molecule has 0 saturated carbocycles. The molecule has 0 heterocycles. The monoisotopic (exact) mass is 1100 g/mol. The minimum Gasteiger partial charge on any atom is -0.466 e. The van der Waals surface area contributed by atoms with Gasteiger partial charge in [-0.1, -0.05) is 379 Å². The predicted octanol–water partition coefficient (Wildman–Crippen LogP) is 23.1. The van der Waals surface area contributed by atoms with E-state index in [1.807, 2.05) is 6.08 Å². The van der Waals surface area contributed by atoms with Crippen LogP contribution in [0.4, 0.5) is 0 Å². The molecule has 0 aromatic rings. The molecule has 6 nitrogen and oxygen atoms in total. The van der Waals surface area contributed by atoms with Gasteiger partial charge in [0.05, 0.1) is 25.4 Å². The Morgan fingerprint density at radius 3 is 0.872 bits per heavy atom. The average molecular weight is 1100 g/mol. The van der Waals surface area contributed by atoms with E-state index in [0.29, 0.717) is 19.4 Å². The molecule has 6 heteroatoms. The Balaban J connectivity index is 3.26. The zero-order chi connectivity index (χ0) is 56.4. The number of unbranched alkanes of at least 4 members (excludes halogenated alkanes) is 57. The number of hydrogen-bond donors (Lipinski definition) is 3. The number of amides is 1. The number of carbonyl (C=O) groups excluding carboxylic acids is 2. The smallest absolute Gasteiger partial charge is 0.305 e. The first kappa shape index (κ1) is 76.6. The highest BCUT2D eigenvalue weighted by Gasteiger charge is 2.18. The number of rotatable bonds is 68. The lowest BCUT2D eigenvalue weighted by molar-refractivity contribution is -0.143. The average Bonchev–Trinajstić information content (AvgIpc) is 3.44. The van der Waals surface area contributed by atoms with Gasteiger partial charge < -0.3 is 20.3 Å². The van der Waals surface area contributed by atoms with E-state index < -0.39 is 12.1 Å². The van der Waals surface area contributed by atoms with Crippen molar-refractivity contribution in [1.82, 2.24) is 5.32 Å². The number of ether oxygens (including phenoxy) is 1. The van der Waals surface area contributed by atoms with Gasteiger partial charge in [0.15, 0.2) is 0 Å². The minimum absolute atomic E-state index is 0.0268. The summed E-state index contributed by atoms with van der Waals surface area (Å²) in [5.41, 5.74) is 0. The van der Waals surface area contributed by atoms with Crippen molar-refractivity contribution in [2.45, 2.75) is 424 Å². The summed E-state index contributed by atoms with van der Waals surface area (Å²) in [7, 11) is 0. The minimum atomic E-state index is -0.837. The Hall–Kier alpha value is -1.40. The second-order valence-corrected chi connectivity index (χ2v) is 24.9. The molecule has 0 aromatic heterocycles. The van der Waals surface area contributed by atoms with Crippen LogP contribution in [0.1, 0.15) is 412 Å². The third-order valence-corrected chi connectivity index (χ3v) is 17.1. The molecule has 0 spiro atoms. The Morgan fingerprint density at radius 1 is 0.346 bits per heavy atom. The number of allylic oxidation sites excluding steroid dienone is 1. The number of carbonyl (C=O) groups is 2. The summed E-state index contributed by atoms with van der Waals surface area (Å²) in [4.78, 5) is 24.5. The van der Waals surface area contributed by atoms with Crippen LogP contribution in [-0.4, -0.2) is 47.4 Å². The van der Waals surface area contributed by atoms with Crippen molar-refractivity contribution >= 4 is 11.9 Å². The Labute approximate surface area is 489 Å². The molecule has 0 rings (SSSR count). The summed E-state index contributed by atoms with van der Waals surface area (Å²) in [6.07, 6.45) is 84.8. The van der Waals surface area contributed by atoms with Crippen LogP contribution < -0.4 is 5.32 Å². The van der Waals surface area contributed by atoms with Gasteiger partial charge in [-0.05, 0) is 32.1 Å². The third-order valence-electron chi connectivity index (χ3n) is 17.1. The fourth-order valence-corrected chi connectivity index (χ4v) is 11.6. The largest absolute Gasteiger partial charge is 0.466 e. The highest BCUT2D eigenvalue weighted by Crippen LogP contribution is 2.19. The van der Waals surface area contributed by atoms with Crippen LogP contribution in [0, 0.1) is 0 Å². The lowest BCUT2D eigenvalue weighted by Crippen LogP contribution is -2.45. The molecule has 0 fully saturated rings. The van der Waals surface area contributed by atoms with Crippen molar-refractivity contribution in [2.75, 3.05) is 13.2 Å². The van der Waals surface area contributed by atoms with E-state index in [1.54, 1.807) is 6.08 Å². The summed E-state index contributed by atoms with van der Waals surface area (Å²) in [5.74, 6) is -0.0362. The van der Waals surface area contributed by atoms with E-state index in [4.69, 9.17) is 4.74 Å². The molecule has 78 heavy (non-hydrogen) atoms. The van der Waals surface area contributed by atoms with Gasteiger partial charge in [0, 0.05) is 12.8 Å². The summed E-state index contributed by atoms with van der Waals surface area (Å²) in [6, 6.07) is -0.620. The number of esters is 1. The lowest BCUT2D eigenvalue weighted by Gasteiger charge is -2.20. The van der Waals surface area contributed by atoms with Crippen molar-refractivity contribution in [3.63, 3.8) is 0 Å². The molecule has 0 radical (unpaired) electrons. The molecule has 3 N–H and O–H groups in total. The standard InChI is InChI=1S/C72H141NO5/c1-3-5-7-9-11-13-14-15-39-43-46-50-54-58-62-66-72(77)78-67-63-59-55-51-47-44-41-38-36-34-32-30-28-26-24-22-20-18-16-17-19-21-23-25-27-29-31-33-35-37-40-42-45-49-53-57-61-65-71(76)73-69(68-74)70(75)64-60-56-52-48-12-10-8-6-4-2/h60,64,69-70,74-75H,3-59,61-63,65-68H2,1-2H3,(H,73,76)/b64-60+. The van der Waals surface area contributed by atoms with E-state index in [1.165, 1.54) is 347 Å². The normalized spacial score (nSPS) is 12.5. The maximum Gasteiger partial charge on any atom is 0.305 e. The first-order valence-electron chi connectivity index (χ1n) is 36.0. The second kappa shape index (κ2) is 68.1. The maximum absolute atomic E-state index is 12.4. The van der Waals surface area contributed by atoms with Gasteiger partial charge in [-0.25, -0.2) is 0 Å². The fraction of sp³-hybridized carbons (Fsp3) is 0.944. The third kappa shape index (κ3) is 63.8. The van der Waals surface area contributed by atoms with Crippen molar-refractivity contribution < 1.29 is 24.5 Å². The van der Waals surface area contributed by atoms with E-state index in [2.05, 4.69) is 19.2 Å². The fourth-order valence-electron chi connectivity index (χ4n) is 11.6. The van der Waals surface area contributed by atoms with Gasteiger partial charge in [0.1, 0.15) is 0 Å². The highest BCUT2D eigenvalue weighted by atomic mass is 16.5. The van der Waals surface area contributed by atoms with Crippen molar-refractivity contribution in [3.05, 3.63) is 12.2 Å². The highest BCUT2D eigenvalue weighted by molar-refractivity contribution is 5.76. The number of nitrogens with one attached hydrogen (secondary N) is 1. The second-order valence-electron chi connectivity index (χ2n) is 24.9. The molecule has 0 aliphatic carbocycles. The van der Waals surface area contributed by atoms with Crippen LogP contribution in [0.2, 0.25) is 0 Å². The predicted molar refractivity (Wildman–Crippen MR) is 343 cm³/mol. The molecule has 0 aromatic carbocycles. The van der Waals surface area contributed by atoms with Crippen molar-refractivity contribution in [2.24, 2.45) is 0 Å². The quantitative estimate of drug-likeness (QED) is 0.0320. The summed E-state index contributed by atoms with van der Waals surface area (Å²) >= 11 is 0. The van der Waals surface area contributed by atoms with Gasteiger partial charge >= 0.3 is 5.97 Å². The van der Waals surface area contributed by atoms with Gasteiger partial charge in [-0.15, -0.1) is 0 Å². The summed E-state index contributed by atoms with van der Waals surface area (Å²) in [5, 5.41) is 23.0. The molecular weight excluding hydrogens is 959 g/mol. The lowest BCUT2D eigenvalue weighted by atomic mass is 10.0. The molecule has 0 saturated heterocycles. The zero-order valence-electron chi connectivity index (χ0n) is 53.2. The van der Waals surface area contributed by atoms with Gasteiger partial charge in [-0.3, -0.25) is 9.59 Å². The first-order valence-corrected chi connectivity index (χ1v) is 36.0. The van der Waals surface area contributed by atoms with Crippen LogP contribution in [0.3, 0.4) is 0 Å².